The molecule has 5 nitrogen and oxygen atoms in total. The fraction of sp³-hybridized carbons (Fsp3) is 0.250. The highest BCUT2D eigenvalue weighted by Gasteiger charge is 2.10. The standard InChI is InChI=1S/C16H18N2O3/c1-3-10-17-15(19)13-8-9-14(18-16(13)20)11-4-6-12(21-2)7-5-11/h4-9H,3,10H2,1-2H3,(H,17,19)(H,18,20). The second-order valence-electron chi connectivity index (χ2n) is 4.60. The number of ether oxygens (including phenoxy) is 1. The molecule has 1 amide bonds. The topological polar surface area (TPSA) is 71.2 Å². The van der Waals surface area contributed by atoms with Gasteiger partial charge in [-0.3, -0.25) is 9.59 Å². The number of H-pyrrole nitrogens is 1. The van der Waals surface area contributed by atoms with E-state index in [9.17, 15) is 9.59 Å². The van der Waals surface area contributed by atoms with Crippen LogP contribution in [0.5, 0.6) is 5.75 Å². The largest absolute Gasteiger partial charge is 0.497 e. The van der Waals surface area contributed by atoms with Gasteiger partial charge in [-0.2, -0.15) is 0 Å². The first kappa shape index (κ1) is 14.8. The second kappa shape index (κ2) is 6.74. The molecule has 0 unspecified atom stereocenters. The normalized spacial score (nSPS) is 10.2. The lowest BCUT2D eigenvalue weighted by molar-refractivity contribution is 0.0952. The van der Waals surface area contributed by atoms with E-state index in [0.717, 1.165) is 17.7 Å². The third kappa shape index (κ3) is 3.51. The van der Waals surface area contributed by atoms with Crippen LogP contribution in [-0.4, -0.2) is 24.5 Å². The Morgan fingerprint density at radius 1 is 1.19 bits per heavy atom. The highest BCUT2D eigenvalue weighted by molar-refractivity contribution is 5.94. The number of amides is 1. The van der Waals surface area contributed by atoms with Crippen molar-refractivity contribution in [2.75, 3.05) is 13.7 Å². The fourth-order valence-corrected chi connectivity index (χ4v) is 1.93. The van der Waals surface area contributed by atoms with Gasteiger partial charge in [0.15, 0.2) is 0 Å². The van der Waals surface area contributed by atoms with Crippen LogP contribution in [0, 0.1) is 0 Å². The third-order valence-corrected chi connectivity index (χ3v) is 3.09. The molecule has 2 aromatic rings. The molecule has 0 aliphatic rings. The second-order valence-corrected chi connectivity index (χ2v) is 4.60. The van der Waals surface area contributed by atoms with Gasteiger partial charge in [-0.15, -0.1) is 0 Å². The molecule has 0 bridgehead atoms. The van der Waals surface area contributed by atoms with E-state index in [1.807, 2.05) is 31.2 Å². The summed E-state index contributed by atoms with van der Waals surface area (Å²) in [6.07, 6.45) is 0.827. The van der Waals surface area contributed by atoms with E-state index < -0.39 is 5.56 Å². The maximum atomic E-state index is 12.0. The number of methoxy groups -OCH3 is 1. The maximum Gasteiger partial charge on any atom is 0.261 e. The summed E-state index contributed by atoms with van der Waals surface area (Å²) < 4.78 is 5.09. The van der Waals surface area contributed by atoms with Crippen LogP contribution in [0.4, 0.5) is 0 Å². The number of pyridine rings is 1. The molecule has 0 aliphatic heterocycles. The van der Waals surface area contributed by atoms with Crippen molar-refractivity contribution < 1.29 is 9.53 Å². The Hall–Kier alpha value is -2.56. The monoisotopic (exact) mass is 286 g/mol. The minimum absolute atomic E-state index is 0.126. The summed E-state index contributed by atoms with van der Waals surface area (Å²) in [5.74, 6) is 0.399. The number of carbonyl (C=O) groups excluding carboxylic acids is 1. The summed E-state index contributed by atoms with van der Waals surface area (Å²) in [4.78, 5) is 26.5. The Bertz CT molecular complexity index is 675. The van der Waals surface area contributed by atoms with Gasteiger partial charge < -0.3 is 15.0 Å². The molecule has 2 rings (SSSR count). The summed E-state index contributed by atoms with van der Waals surface area (Å²) in [7, 11) is 1.60. The van der Waals surface area contributed by atoms with Crippen molar-refractivity contribution >= 4 is 5.91 Å². The summed E-state index contributed by atoms with van der Waals surface area (Å²) in [6, 6.07) is 10.6. The van der Waals surface area contributed by atoms with Crippen LogP contribution in [0.3, 0.4) is 0 Å². The van der Waals surface area contributed by atoms with Crippen LogP contribution >= 0.6 is 0 Å². The van der Waals surface area contributed by atoms with E-state index in [1.54, 1.807) is 19.2 Å². The van der Waals surface area contributed by atoms with Crippen LogP contribution in [0.1, 0.15) is 23.7 Å². The summed E-state index contributed by atoms with van der Waals surface area (Å²) >= 11 is 0. The Kier molecular flexibility index (Phi) is 4.77. The van der Waals surface area contributed by atoms with Crippen LogP contribution in [0.25, 0.3) is 11.3 Å². The van der Waals surface area contributed by atoms with Crippen molar-refractivity contribution in [3.63, 3.8) is 0 Å². The van der Waals surface area contributed by atoms with E-state index in [4.69, 9.17) is 4.74 Å². The van der Waals surface area contributed by atoms with E-state index in [0.29, 0.717) is 12.2 Å². The highest BCUT2D eigenvalue weighted by atomic mass is 16.5. The molecule has 1 aromatic carbocycles. The molecular formula is C16H18N2O3. The van der Waals surface area contributed by atoms with Crippen molar-refractivity contribution in [2.24, 2.45) is 0 Å². The average Bonchev–Trinajstić information content (AvgIpc) is 2.52. The molecule has 0 fully saturated rings. The molecule has 21 heavy (non-hydrogen) atoms. The molecule has 1 aromatic heterocycles. The van der Waals surface area contributed by atoms with Crippen molar-refractivity contribution in [3.05, 3.63) is 52.3 Å². The number of hydrogen-bond donors (Lipinski definition) is 2. The molecule has 2 N–H and O–H groups in total. The van der Waals surface area contributed by atoms with Gasteiger partial charge in [-0.25, -0.2) is 0 Å². The van der Waals surface area contributed by atoms with Crippen LogP contribution in [-0.2, 0) is 0 Å². The van der Waals surface area contributed by atoms with Crippen LogP contribution < -0.4 is 15.6 Å². The van der Waals surface area contributed by atoms with Crippen LogP contribution in [0.2, 0.25) is 0 Å². The molecule has 1 heterocycles. The molecular weight excluding hydrogens is 268 g/mol. The molecule has 0 atom stereocenters. The summed E-state index contributed by atoms with van der Waals surface area (Å²) in [6.45, 7) is 2.51. The van der Waals surface area contributed by atoms with Gasteiger partial charge in [0.2, 0.25) is 0 Å². The van der Waals surface area contributed by atoms with Crippen molar-refractivity contribution in [1.29, 1.82) is 0 Å². The Labute approximate surface area is 123 Å². The first-order chi connectivity index (χ1) is 10.2. The quantitative estimate of drug-likeness (QED) is 0.885. The van der Waals surface area contributed by atoms with E-state index >= 15 is 0 Å². The van der Waals surface area contributed by atoms with E-state index in [2.05, 4.69) is 10.3 Å². The zero-order valence-corrected chi connectivity index (χ0v) is 12.1. The summed E-state index contributed by atoms with van der Waals surface area (Å²) in [5, 5.41) is 2.69. The number of carbonyl (C=O) groups is 1. The third-order valence-electron chi connectivity index (χ3n) is 3.09. The molecule has 0 aliphatic carbocycles. The van der Waals surface area contributed by atoms with E-state index in [-0.39, 0.29) is 11.5 Å². The maximum absolute atomic E-state index is 12.0. The summed E-state index contributed by atoms with van der Waals surface area (Å²) in [5.41, 5.74) is 1.25. The smallest absolute Gasteiger partial charge is 0.261 e. The van der Waals surface area contributed by atoms with Gasteiger partial charge >= 0.3 is 0 Å². The predicted molar refractivity (Wildman–Crippen MR) is 81.7 cm³/mol. The minimum Gasteiger partial charge on any atom is -0.497 e. The van der Waals surface area contributed by atoms with Gasteiger partial charge in [0.25, 0.3) is 11.5 Å². The van der Waals surface area contributed by atoms with Crippen molar-refractivity contribution in [3.8, 4) is 17.0 Å². The predicted octanol–water partition coefficient (Wildman–Crippen LogP) is 2.19. The molecule has 0 spiro atoms. The van der Waals surface area contributed by atoms with Gasteiger partial charge in [0.1, 0.15) is 11.3 Å². The number of nitrogens with one attached hydrogen (secondary N) is 2. The Morgan fingerprint density at radius 3 is 2.48 bits per heavy atom. The number of aromatic amines is 1. The van der Waals surface area contributed by atoms with Gasteiger partial charge in [-0.1, -0.05) is 6.92 Å². The van der Waals surface area contributed by atoms with Gasteiger partial charge in [0, 0.05) is 12.2 Å². The lowest BCUT2D eigenvalue weighted by Gasteiger charge is -2.06. The first-order valence-corrected chi connectivity index (χ1v) is 6.81. The Morgan fingerprint density at radius 2 is 1.90 bits per heavy atom. The van der Waals surface area contributed by atoms with E-state index in [1.165, 1.54) is 0 Å². The Balaban J connectivity index is 2.25. The first-order valence-electron chi connectivity index (χ1n) is 6.81. The zero-order valence-electron chi connectivity index (χ0n) is 12.1. The van der Waals surface area contributed by atoms with Crippen molar-refractivity contribution in [1.82, 2.24) is 10.3 Å². The van der Waals surface area contributed by atoms with Crippen LogP contribution in [0.15, 0.2) is 41.2 Å². The molecule has 0 radical (unpaired) electrons. The molecule has 110 valence electrons. The minimum atomic E-state index is -0.392. The number of hydrogen-bond acceptors (Lipinski definition) is 3. The lowest BCUT2D eigenvalue weighted by atomic mass is 10.1. The SMILES string of the molecule is CCCNC(=O)c1ccc(-c2ccc(OC)cc2)[nH]c1=O. The number of rotatable bonds is 5. The molecule has 5 heteroatoms. The highest BCUT2D eigenvalue weighted by Crippen LogP contribution is 2.19. The number of benzene rings is 1. The zero-order chi connectivity index (χ0) is 15.2. The van der Waals surface area contributed by atoms with Gasteiger partial charge in [-0.05, 0) is 48.4 Å². The fourth-order valence-electron chi connectivity index (χ4n) is 1.93. The number of aromatic nitrogens is 1. The van der Waals surface area contributed by atoms with Gasteiger partial charge in [0.05, 0.1) is 7.11 Å². The average molecular weight is 286 g/mol. The van der Waals surface area contributed by atoms with Crippen molar-refractivity contribution in [2.45, 2.75) is 13.3 Å². The lowest BCUT2D eigenvalue weighted by Crippen LogP contribution is -2.30. The molecule has 0 saturated carbocycles. The molecule has 0 saturated heterocycles.